The molecule has 112 valence electrons. The number of aromatic nitrogens is 3. The summed E-state index contributed by atoms with van der Waals surface area (Å²) < 4.78 is 1.92. The third-order valence-electron chi connectivity index (χ3n) is 2.74. The van der Waals surface area contributed by atoms with Gasteiger partial charge in [0.1, 0.15) is 12.4 Å². The van der Waals surface area contributed by atoms with Crippen LogP contribution in [0, 0.1) is 19.3 Å². The van der Waals surface area contributed by atoms with Gasteiger partial charge in [0.25, 0.3) is 0 Å². The van der Waals surface area contributed by atoms with Crippen LogP contribution < -0.4 is 10.6 Å². The second-order valence-electron chi connectivity index (χ2n) is 4.23. The number of nitrogens with one attached hydrogen (secondary N) is 2. The number of halogens is 1. The van der Waals surface area contributed by atoms with Crippen LogP contribution in [0.4, 0.5) is 0 Å². The smallest absolute Gasteiger partial charge is 0.192 e. The Kier molecular flexibility index (Phi) is 9.80. The molecule has 0 amide bonds. The predicted octanol–water partition coefficient (Wildman–Crippen LogP) is 1.21. The van der Waals surface area contributed by atoms with Gasteiger partial charge in [-0.1, -0.05) is 19.3 Å². The Labute approximate surface area is 137 Å². The quantitative estimate of drug-likeness (QED) is 0.252. The molecular weight excluding hydrogens is 367 g/mol. The normalized spacial score (nSPS) is 10.6. The molecule has 1 aromatic heterocycles. The predicted molar refractivity (Wildman–Crippen MR) is 92.0 cm³/mol. The second kappa shape index (κ2) is 10.5. The lowest BCUT2D eigenvalue weighted by molar-refractivity contribution is 0.725. The summed E-state index contributed by atoms with van der Waals surface area (Å²) in [4.78, 5) is 4.45. The van der Waals surface area contributed by atoms with E-state index in [2.05, 4.69) is 38.7 Å². The molecule has 20 heavy (non-hydrogen) atoms. The molecule has 0 aromatic carbocycles. The fourth-order valence-corrected chi connectivity index (χ4v) is 1.43. The molecule has 0 bridgehead atoms. The molecule has 0 spiro atoms. The van der Waals surface area contributed by atoms with Gasteiger partial charge < -0.3 is 15.2 Å². The number of hydrogen-bond donors (Lipinski definition) is 2. The summed E-state index contributed by atoms with van der Waals surface area (Å²) in [6, 6.07) is 0. The zero-order valence-electron chi connectivity index (χ0n) is 12.3. The molecule has 1 heterocycles. The first-order valence-corrected chi connectivity index (χ1v) is 6.49. The molecule has 0 saturated carbocycles. The van der Waals surface area contributed by atoms with Crippen molar-refractivity contribution in [3.8, 4) is 12.3 Å². The van der Waals surface area contributed by atoms with E-state index in [1.807, 2.05) is 18.5 Å². The maximum atomic E-state index is 5.24. The highest BCUT2D eigenvalue weighted by molar-refractivity contribution is 14.0. The summed E-state index contributed by atoms with van der Waals surface area (Å²) in [6.45, 7) is 5.87. The molecule has 0 aliphatic carbocycles. The van der Waals surface area contributed by atoms with Gasteiger partial charge in [0, 0.05) is 13.6 Å². The van der Waals surface area contributed by atoms with Gasteiger partial charge in [0.05, 0.1) is 6.54 Å². The lowest BCUT2D eigenvalue weighted by atomic mass is 10.3. The molecule has 0 fully saturated rings. The van der Waals surface area contributed by atoms with Gasteiger partial charge in [-0.25, -0.2) is 4.99 Å². The number of unbranched alkanes of at least 4 members (excludes halogenated alkanes) is 1. The van der Waals surface area contributed by atoms with Crippen LogP contribution in [0.1, 0.15) is 31.4 Å². The highest BCUT2D eigenvalue weighted by Crippen LogP contribution is 1.98. The van der Waals surface area contributed by atoms with E-state index in [4.69, 9.17) is 6.42 Å². The second-order valence-corrected chi connectivity index (χ2v) is 4.23. The number of aryl methyl sites for hydroxylation is 1. The molecule has 2 N–H and O–H groups in total. The van der Waals surface area contributed by atoms with Crippen LogP contribution in [0.5, 0.6) is 0 Å². The van der Waals surface area contributed by atoms with Crippen LogP contribution in [-0.2, 0) is 13.6 Å². The average Bonchev–Trinajstić information content (AvgIpc) is 2.73. The van der Waals surface area contributed by atoms with Crippen LogP contribution in [-0.4, -0.2) is 33.8 Å². The van der Waals surface area contributed by atoms with E-state index in [1.165, 1.54) is 0 Å². The van der Waals surface area contributed by atoms with Crippen molar-refractivity contribution in [2.75, 3.05) is 13.1 Å². The van der Waals surface area contributed by atoms with Crippen molar-refractivity contribution in [3.05, 3.63) is 11.6 Å². The van der Waals surface area contributed by atoms with Crippen molar-refractivity contribution in [3.63, 3.8) is 0 Å². The molecule has 0 aliphatic rings. The molecular formula is C13H23IN6. The summed E-state index contributed by atoms with van der Waals surface area (Å²) in [7, 11) is 1.93. The monoisotopic (exact) mass is 390 g/mol. The van der Waals surface area contributed by atoms with E-state index < -0.39 is 0 Å². The number of hydrogen-bond acceptors (Lipinski definition) is 3. The molecule has 7 heteroatoms. The number of aliphatic imine (C=N–C) groups is 1. The van der Waals surface area contributed by atoms with E-state index >= 15 is 0 Å². The van der Waals surface area contributed by atoms with Gasteiger partial charge in [0.15, 0.2) is 11.8 Å². The number of guanidine groups is 1. The first-order chi connectivity index (χ1) is 9.19. The fourth-order valence-electron chi connectivity index (χ4n) is 1.43. The third-order valence-corrected chi connectivity index (χ3v) is 2.74. The molecule has 1 aromatic rings. The lowest BCUT2D eigenvalue weighted by Gasteiger charge is -2.10. The third kappa shape index (κ3) is 6.23. The van der Waals surface area contributed by atoms with Crippen LogP contribution in [0.25, 0.3) is 0 Å². The summed E-state index contributed by atoms with van der Waals surface area (Å²) in [5.41, 5.74) is 0. The van der Waals surface area contributed by atoms with Crippen LogP contribution in [0.2, 0.25) is 0 Å². The van der Waals surface area contributed by atoms with Crippen LogP contribution in [0.15, 0.2) is 4.99 Å². The van der Waals surface area contributed by atoms with Crippen molar-refractivity contribution < 1.29 is 0 Å². The average molecular weight is 390 g/mol. The van der Waals surface area contributed by atoms with E-state index in [0.29, 0.717) is 19.0 Å². The maximum absolute atomic E-state index is 5.24. The van der Waals surface area contributed by atoms with Gasteiger partial charge >= 0.3 is 0 Å². The topological polar surface area (TPSA) is 67.1 Å². The van der Waals surface area contributed by atoms with Crippen LogP contribution >= 0.6 is 24.0 Å². The van der Waals surface area contributed by atoms with Crippen molar-refractivity contribution in [2.45, 2.75) is 33.2 Å². The SMILES string of the molecule is C#CCNC(=NCc1nnc(C)n1C)NCCCC.I. The molecule has 0 unspecified atom stereocenters. The Morgan fingerprint density at radius 1 is 1.40 bits per heavy atom. The highest BCUT2D eigenvalue weighted by Gasteiger charge is 2.04. The van der Waals surface area contributed by atoms with Gasteiger partial charge in [-0.15, -0.1) is 40.6 Å². The van der Waals surface area contributed by atoms with Crippen molar-refractivity contribution in [1.82, 2.24) is 25.4 Å². The number of nitrogens with zero attached hydrogens (tertiary/aromatic N) is 4. The minimum atomic E-state index is 0. The Hall–Kier alpha value is -1.30. The largest absolute Gasteiger partial charge is 0.356 e. The summed E-state index contributed by atoms with van der Waals surface area (Å²) in [5.74, 6) is 4.96. The van der Waals surface area contributed by atoms with Gasteiger partial charge in [-0.2, -0.15) is 0 Å². The van der Waals surface area contributed by atoms with Crippen molar-refractivity contribution >= 4 is 29.9 Å². The Bertz CT molecular complexity index is 460. The molecule has 6 nitrogen and oxygen atoms in total. The molecule has 0 radical (unpaired) electrons. The van der Waals surface area contributed by atoms with Gasteiger partial charge in [-0.3, -0.25) is 0 Å². The maximum Gasteiger partial charge on any atom is 0.192 e. The van der Waals surface area contributed by atoms with E-state index in [0.717, 1.165) is 31.0 Å². The number of rotatable bonds is 6. The highest BCUT2D eigenvalue weighted by atomic mass is 127. The van der Waals surface area contributed by atoms with Crippen LogP contribution in [0.3, 0.4) is 0 Å². The lowest BCUT2D eigenvalue weighted by Crippen LogP contribution is -2.38. The molecule has 1 rings (SSSR count). The van der Waals surface area contributed by atoms with E-state index in [9.17, 15) is 0 Å². The zero-order chi connectivity index (χ0) is 14.1. The Morgan fingerprint density at radius 3 is 2.70 bits per heavy atom. The molecule has 0 aliphatic heterocycles. The fraction of sp³-hybridized carbons (Fsp3) is 0.615. The van der Waals surface area contributed by atoms with Gasteiger partial charge in [-0.05, 0) is 13.3 Å². The van der Waals surface area contributed by atoms with Crippen molar-refractivity contribution in [1.29, 1.82) is 0 Å². The van der Waals surface area contributed by atoms with E-state index in [-0.39, 0.29) is 24.0 Å². The standard InChI is InChI=1S/C13H22N6.HI/c1-5-7-9-15-13(14-8-6-2)16-10-12-18-17-11(3)19(12)4;/h2H,5,7-10H2,1,3-4H3,(H2,14,15,16);1H. The zero-order valence-corrected chi connectivity index (χ0v) is 14.6. The van der Waals surface area contributed by atoms with Crippen molar-refractivity contribution in [2.24, 2.45) is 12.0 Å². The minimum Gasteiger partial charge on any atom is -0.356 e. The summed E-state index contributed by atoms with van der Waals surface area (Å²) in [6.07, 6.45) is 7.48. The number of terminal acetylenes is 1. The molecule has 0 atom stereocenters. The Balaban J connectivity index is 0.00000361. The minimum absolute atomic E-state index is 0. The summed E-state index contributed by atoms with van der Waals surface area (Å²) in [5, 5.41) is 14.4. The summed E-state index contributed by atoms with van der Waals surface area (Å²) >= 11 is 0. The Morgan fingerprint density at radius 2 is 2.15 bits per heavy atom. The molecule has 0 saturated heterocycles. The van der Waals surface area contributed by atoms with E-state index in [1.54, 1.807) is 0 Å². The first-order valence-electron chi connectivity index (χ1n) is 6.49. The van der Waals surface area contributed by atoms with Gasteiger partial charge in [0.2, 0.25) is 0 Å². The first kappa shape index (κ1) is 18.7.